The average Bonchev–Trinajstić information content (AvgIpc) is 2.05. The Morgan fingerprint density at radius 1 is 1.10 bits per heavy atom. The Kier molecular flexibility index (Phi) is 1.93. The molecule has 0 saturated heterocycles. The van der Waals surface area contributed by atoms with Gasteiger partial charge in [-0.25, -0.2) is 0 Å². The molecule has 0 N–H and O–H groups in total. The summed E-state index contributed by atoms with van der Waals surface area (Å²) in [5, 5.41) is 0. The number of halogens is 1. The molecule has 0 radical (unpaired) electrons. The molecule has 1 aromatic rings. The summed E-state index contributed by atoms with van der Waals surface area (Å²) >= 11 is 0.526. The molecule has 1 heteroatoms. The number of rotatable bonds is 0. The molecule has 0 unspecified atom stereocenters. The molecule has 0 aromatic heterocycles. The van der Waals surface area contributed by atoms with Crippen LogP contribution in [0.2, 0.25) is 0 Å². The monoisotopic (exact) mass is 245 g/mol. The Labute approximate surface area is 71.9 Å². The van der Waals surface area contributed by atoms with Gasteiger partial charge in [0.1, 0.15) is 0 Å². The molecule has 0 saturated carbocycles. The van der Waals surface area contributed by atoms with E-state index in [1.165, 1.54) is 15.3 Å². The Morgan fingerprint density at radius 2 is 1.90 bits per heavy atom. The van der Waals surface area contributed by atoms with Gasteiger partial charge in [0.05, 0.1) is 0 Å². The quantitative estimate of drug-likeness (QED) is 0.399. The molecule has 54 valence electrons. The molecule has 2 rings (SSSR count). The number of aryl methyl sites for hydroxylation is 1. The molecule has 0 atom stereocenters. The van der Waals surface area contributed by atoms with Gasteiger partial charge in [0.2, 0.25) is 0 Å². The van der Waals surface area contributed by atoms with Crippen molar-refractivity contribution in [2.24, 2.45) is 0 Å². The van der Waals surface area contributed by atoms with Gasteiger partial charge in [-0.15, -0.1) is 0 Å². The standard InChI is InChI=1S/C9H10I/c1-2-4-9-7-10-6-5-8(9)3-1/h1-4H,5-7H2/q-1. The van der Waals surface area contributed by atoms with Gasteiger partial charge in [-0.3, -0.25) is 0 Å². The summed E-state index contributed by atoms with van der Waals surface area (Å²) in [5.41, 5.74) is 3.23. The van der Waals surface area contributed by atoms with Crippen molar-refractivity contribution in [3.8, 4) is 0 Å². The summed E-state index contributed by atoms with van der Waals surface area (Å²) in [5.74, 6) is 0. The third kappa shape index (κ3) is 1.19. The molecule has 1 aromatic carbocycles. The first-order valence-corrected chi connectivity index (χ1v) is 6.62. The molecule has 0 amide bonds. The van der Waals surface area contributed by atoms with Crippen molar-refractivity contribution in [1.29, 1.82) is 0 Å². The van der Waals surface area contributed by atoms with E-state index in [9.17, 15) is 0 Å². The van der Waals surface area contributed by atoms with Crippen LogP contribution >= 0.6 is 0 Å². The molecule has 1 aliphatic rings. The summed E-state index contributed by atoms with van der Waals surface area (Å²) in [6.07, 6.45) is 1.35. The van der Waals surface area contributed by atoms with Crippen LogP contribution < -0.4 is 21.2 Å². The summed E-state index contributed by atoms with van der Waals surface area (Å²) < 4.78 is 2.91. The molecule has 1 aliphatic heterocycles. The van der Waals surface area contributed by atoms with Gasteiger partial charge < -0.3 is 0 Å². The molecule has 10 heavy (non-hydrogen) atoms. The third-order valence-electron chi connectivity index (χ3n) is 1.85. The van der Waals surface area contributed by atoms with E-state index in [1.54, 1.807) is 11.1 Å². The number of hydrogen-bond donors (Lipinski definition) is 0. The first-order valence-electron chi connectivity index (χ1n) is 3.57. The Bertz CT molecular complexity index is 205. The summed E-state index contributed by atoms with van der Waals surface area (Å²) in [4.78, 5) is 0. The van der Waals surface area contributed by atoms with Crippen LogP contribution in [0.5, 0.6) is 0 Å². The Morgan fingerprint density at radius 3 is 2.70 bits per heavy atom. The zero-order valence-corrected chi connectivity index (χ0v) is 7.97. The third-order valence-corrected chi connectivity index (χ3v) is 4.52. The van der Waals surface area contributed by atoms with Gasteiger partial charge in [-0.05, 0) is 0 Å². The molecular formula is C9H10I-. The van der Waals surface area contributed by atoms with Gasteiger partial charge >= 0.3 is 71.9 Å². The van der Waals surface area contributed by atoms with Crippen molar-refractivity contribution < 1.29 is 21.2 Å². The van der Waals surface area contributed by atoms with Crippen molar-refractivity contribution in [2.75, 3.05) is 4.43 Å². The van der Waals surface area contributed by atoms with Crippen LogP contribution in [0, 0.1) is 0 Å². The molecule has 0 aliphatic carbocycles. The maximum atomic E-state index is 2.29. The van der Waals surface area contributed by atoms with E-state index >= 15 is 0 Å². The van der Waals surface area contributed by atoms with Crippen molar-refractivity contribution in [1.82, 2.24) is 0 Å². The van der Waals surface area contributed by atoms with Gasteiger partial charge in [-0.1, -0.05) is 0 Å². The Balaban J connectivity index is 2.41. The van der Waals surface area contributed by atoms with Gasteiger partial charge in [0.15, 0.2) is 0 Å². The topological polar surface area (TPSA) is 0 Å². The first-order chi connectivity index (χ1) is 4.97. The number of benzene rings is 1. The van der Waals surface area contributed by atoms with Crippen LogP contribution in [0.25, 0.3) is 0 Å². The minimum atomic E-state index is 0.526. The zero-order valence-electron chi connectivity index (χ0n) is 5.81. The van der Waals surface area contributed by atoms with Crippen LogP contribution in [0.3, 0.4) is 0 Å². The van der Waals surface area contributed by atoms with Crippen molar-refractivity contribution in [2.45, 2.75) is 10.8 Å². The fourth-order valence-corrected chi connectivity index (χ4v) is 3.94. The van der Waals surface area contributed by atoms with Gasteiger partial charge in [0.25, 0.3) is 0 Å². The first kappa shape index (κ1) is 6.65. The second-order valence-corrected chi connectivity index (χ2v) is 5.45. The second-order valence-electron chi connectivity index (χ2n) is 2.53. The van der Waals surface area contributed by atoms with E-state index in [4.69, 9.17) is 0 Å². The average molecular weight is 245 g/mol. The maximum absolute atomic E-state index is 2.29. The van der Waals surface area contributed by atoms with Crippen LogP contribution in [-0.2, 0) is 10.8 Å². The molecular weight excluding hydrogens is 235 g/mol. The molecule has 1 heterocycles. The van der Waals surface area contributed by atoms with E-state index < -0.39 is 0 Å². The van der Waals surface area contributed by atoms with E-state index in [1.807, 2.05) is 0 Å². The van der Waals surface area contributed by atoms with Crippen LogP contribution in [0.1, 0.15) is 11.1 Å². The normalized spacial score (nSPS) is 17.2. The zero-order chi connectivity index (χ0) is 6.81. The van der Waals surface area contributed by atoms with Crippen LogP contribution in [-0.4, -0.2) is 4.43 Å². The van der Waals surface area contributed by atoms with E-state index in [0.29, 0.717) is 21.2 Å². The van der Waals surface area contributed by atoms with Gasteiger partial charge in [-0.2, -0.15) is 0 Å². The Hall–Kier alpha value is -0.0500. The summed E-state index contributed by atoms with van der Waals surface area (Å²) in [7, 11) is 0. The van der Waals surface area contributed by atoms with E-state index in [2.05, 4.69) is 24.3 Å². The van der Waals surface area contributed by atoms with Crippen LogP contribution in [0.4, 0.5) is 0 Å². The van der Waals surface area contributed by atoms with E-state index in [-0.39, 0.29) is 0 Å². The summed E-state index contributed by atoms with van der Waals surface area (Å²) in [6.45, 7) is 0. The van der Waals surface area contributed by atoms with E-state index in [0.717, 1.165) is 0 Å². The molecule has 0 nitrogen and oxygen atoms in total. The minimum absolute atomic E-state index is 0.526. The molecule has 0 bridgehead atoms. The summed E-state index contributed by atoms with van der Waals surface area (Å²) in [6, 6.07) is 8.88. The van der Waals surface area contributed by atoms with Crippen molar-refractivity contribution >= 4 is 0 Å². The molecule has 0 fully saturated rings. The molecule has 0 spiro atoms. The number of alkyl halides is 2. The van der Waals surface area contributed by atoms with Gasteiger partial charge in [0, 0.05) is 0 Å². The second kappa shape index (κ2) is 2.91. The van der Waals surface area contributed by atoms with Crippen LogP contribution in [0.15, 0.2) is 24.3 Å². The SMILES string of the molecule is c1ccc2c(c1)CC[I-]C2. The van der Waals surface area contributed by atoms with Crippen molar-refractivity contribution in [3.63, 3.8) is 0 Å². The fourth-order valence-electron chi connectivity index (χ4n) is 1.27. The number of hydrogen-bond acceptors (Lipinski definition) is 0. The fraction of sp³-hybridized carbons (Fsp3) is 0.333. The van der Waals surface area contributed by atoms with Crippen molar-refractivity contribution in [3.05, 3.63) is 35.4 Å². The number of fused-ring (bicyclic) bond motifs is 1. The predicted octanol–water partition coefficient (Wildman–Crippen LogP) is -1.17. The predicted molar refractivity (Wildman–Crippen MR) is 38.7 cm³/mol.